The van der Waals surface area contributed by atoms with Crippen molar-refractivity contribution < 1.29 is 23.8 Å². The number of ether oxygens (including phenoxy) is 3. The maximum absolute atomic E-state index is 12.8. The van der Waals surface area contributed by atoms with E-state index in [2.05, 4.69) is 5.32 Å². The van der Waals surface area contributed by atoms with Gasteiger partial charge in [-0.15, -0.1) is 11.3 Å². The van der Waals surface area contributed by atoms with Gasteiger partial charge in [0.2, 0.25) is 0 Å². The molecule has 0 unspecified atom stereocenters. The predicted molar refractivity (Wildman–Crippen MR) is 103 cm³/mol. The van der Waals surface area contributed by atoms with Crippen molar-refractivity contribution in [3.63, 3.8) is 0 Å². The van der Waals surface area contributed by atoms with E-state index in [4.69, 9.17) is 14.2 Å². The Morgan fingerprint density at radius 2 is 2.00 bits per heavy atom. The fraction of sp³-hybridized carbons (Fsp3) is 0.368. The summed E-state index contributed by atoms with van der Waals surface area (Å²) in [6.07, 6.45) is 1.74. The smallest absolute Gasteiger partial charge is 0.338 e. The average Bonchev–Trinajstić information content (AvgIpc) is 3.36. The third-order valence-electron chi connectivity index (χ3n) is 4.56. The molecule has 1 saturated heterocycles. The number of carbonyl (C=O) groups excluding carboxylic acids is 2. The Hall–Kier alpha value is -2.74. The second kappa shape index (κ2) is 8.30. The van der Waals surface area contributed by atoms with Crippen LogP contribution >= 0.6 is 11.3 Å². The van der Waals surface area contributed by atoms with Crippen LogP contribution in [0.1, 0.15) is 34.8 Å². The molecule has 0 bridgehead atoms. The lowest BCUT2D eigenvalue weighted by Crippen LogP contribution is -2.34. The number of hydrogen-bond acceptors (Lipinski definition) is 6. The highest BCUT2D eigenvalue weighted by Crippen LogP contribution is 2.39. The first-order valence-electron chi connectivity index (χ1n) is 8.53. The third-order valence-corrected chi connectivity index (χ3v) is 5.41. The second-order valence-corrected chi connectivity index (χ2v) is 6.99. The number of rotatable bonds is 5. The zero-order valence-electron chi connectivity index (χ0n) is 15.5. The first kappa shape index (κ1) is 19.0. The molecule has 1 fully saturated rings. The Kier molecular flexibility index (Phi) is 5.85. The van der Waals surface area contributed by atoms with Crippen molar-refractivity contribution in [3.05, 3.63) is 40.8 Å². The highest BCUT2D eigenvalue weighted by Gasteiger charge is 2.32. The molecule has 1 atom stereocenters. The van der Waals surface area contributed by atoms with Crippen molar-refractivity contribution in [1.29, 1.82) is 0 Å². The lowest BCUT2D eigenvalue weighted by atomic mass is 10.0. The van der Waals surface area contributed by atoms with E-state index in [9.17, 15) is 9.59 Å². The summed E-state index contributed by atoms with van der Waals surface area (Å²) in [6.45, 7) is 0.645. The summed E-state index contributed by atoms with van der Waals surface area (Å²) < 4.78 is 15.5. The van der Waals surface area contributed by atoms with Gasteiger partial charge in [-0.05, 0) is 37.1 Å². The molecule has 1 N–H and O–H groups in total. The van der Waals surface area contributed by atoms with Gasteiger partial charge in [-0.3, -0.25) is 5.32 Å². The van der Waals surface area contributed by atoms with E-state index in [-0.39, 0.29) is 12.1 Å². The van der Waals surface area contributed by atoms with Crippen LogP contribution in [0.15, 0.2) is 29.6 Å². The van der Waals surface area contributed by atoms with Gasteiger partial charge in [0.15, 0.2) is 0 Å². The molecule has 2 aromatic rings. The minimum absolute atomic E-state index is 0.102. The first-order chi connectivity index (χ1) is 13.1. The number of likely N-dealkylation sites (tertiary alicyclic amines) is 1. The molecule has 0 radical (unpaired) electrons. The zero-order valence-corrected chi connectivity index (χ0v) is 16.3. The van der Waals surface area contributed by atoms with Crippen molar-refractivity contribution in [2.24, 2.45) is 0 Å². The highest BCUT2D eigenvalue weighted by molar-refractivity contribution is 7.14. The molecule has 1 aliphatic heterocycles. The van der Waals surface area contributed by atoms with Gasteiger partial charge in [-0.1, -0.05) is 0 Å². The SMILES string of the molecule is COC(=O)c1csc(NC(=O)N2CCC[C@H]2c2cc(OC)ccc2OC)c1. The average molecular weight is 390 g/mol. The third kappa shape index (κ3) is 4.00. The van der Waals surface area contributed by atoms with Gasteiger partial charge in [-0.2, -0.15) is 0 Å². The van der Waals surface area contributed by atoms with E-state index < -0.39 is 5.97 Å². The van der Waals surface area contributed by atoms with Crippen molar-refractivity contribution in [2.45, 2.75) is 18.9 Å². The van der Waals surface area contributed by atoms with E-state index in [1.807, 2.05) is 18.2 Å². The van der Waals surface area contributed by atoms with Crippen LogP contribution in [0, 0.1) is 0 Å². The van der Waals surface area contributed by atoms with Crippen LogP contribution in [0.3, 0.4) is 0 Å². The Bertz CT molecular complexity index is 835. The Labute approximate surface area is 161 Å². The first-order valence-corrected chi connectivity index (χ1v) is 9.41. The van der Waals surface area contributed by atoms with Gasteiger partial charge >= 0.3 is 12.0 Å². The van der Waals surface area contributed by atoms with E-state index in [0.717, 1.165) is 29.9 Å². The lowest BCUT2D eigenvalue weighted by molar-refractivity contribution is 0.0601. The van der Waals surface area contributed by atoms with Crippen LogP contribution in [0.25, 0.3) is 0 Å². The van der Waals surface area contributed by atoms with Gasteiger partial charge in [0.25, 0.3) is 0 Å². The second-order valence-electron chi connectivity index (χ2n) is 6.08. The van der Waals surface area contributed by atoms with E-state index in [0.29, 0.717) is 17.1 Å². The molecule has 27 heavy (non-hydrogen) atoms. The van der Waals surface area contributed by atoms with Gasteiger partial charge < -0.3 is 19.1 Å². The largest absolute Gasteiger partial charge is 0.497 e. The van der Waals surface area contributed by atoms with Crippen molar-refractivity contribution in [3.8, 4) is 11.5 Å². The summed E-state index contributed by atoms with van der Waals surface area (Å²) in [7, 11) is 4.56. The van der Waals surface area contributed by atoms with Crippen LogP contribution in [-0.2, 0) is 4.74 Å². The molecular weight excluding hydrogens is 368 g/mol. The predicted octanol–water partition coefficient (Wildman–Crippen LogP) is 3.92. The summed E-state index contributed by atoms with van der Waals surface area (Å²) in [6, 6.07) is 6.91. The Morgan fingerprint density at radius 1 is 1.19 bits per heavy atom. The topological polar surface area (TPSA) is 77.1 Å². The summed E-state index contributed by atoms with van der Waals surface area (Å²) in [5.74, 6) is 1.02. The van der Waals surface area contributed by atoms with Crippen LogP contribution in [-0.4, -0.2) is 44.8 Å². The van der Waals surface area contributed by atoms with E-state index in [1.165, 1.54) is 18.4 Å². The summed E-state index contributed by atoms with van der Waals surface area (Å²) in [4.78, 5) is 26.2. The number of urea groups is 1. The quantitative estimate of drug-likeness (QED) is 0.783. The molecule has 0 aliphatic carbocycles. The molecule has 144 valence electrons. The molecule has 7 nitrogen and oxygen atoms in total. The van der Waals surface area contributed by atoms with Crippen molar-refractivity contribution in [2.75, 3.05) is 33.2 Å². The van der Waals surface area contributed by atoms with Crippen LogP contribution in [0.2, 0.25) is 0 Å². The number of anilines is 1. The number of amides is 2. The molecular formula is C19H22N2O5S. The molecule has 1 aliphatic rings. The molecule has 8 heteroatoms. The van der Waals surface area contributed by atoms with Crippen molar-refractivity contribution >= 4 is 28.3 Å². The molecule has 2 amide bonds. The molecule has 2 heterocycles. The number of methoxy groups -OCH3 is 3. The Balaban J connectivity index is 1.79. The monoisotopic (exact) mass is 390 g/mol. The minimum Gasteiger partial charge on any atom is -0.497 e. The minimum atomic E-state index is -0.424. The Morgan fingerprint density at radius 3 is 2.70 bits per heavy atom. The lowest BCUT2D eigenvalue weighted by Gasteiger charge is -2.26. The highest BCUT2D eigenvalue weighted by atomic mass is 32.1. The van der Waals surface area contributed by atoms with E-state index >= 15 is 0 Å². The number of thiophene rings is 1. The van der Waals surface area contributed by atoms with Gasteiger partial charge in [0, 0.05) is 17.5 Å². The zero-order chi connectivity index (χ0) is 19.4. The maximum atomic E-state index is 12.8. The summed E-state index contributed by atoms with van der Waals surface area (Å²) in [5.41, 5.74) is 1.34. The van der Waals surface area contributed by atoms with Crippen LogP contribution in [0.4, 0.5) is 9.80 Å². The molecule has 3 rings (SSSR count). The number of nitrogens with one attached hydrogen (secondary N) is 1. The number of hydrogen-bond donors (Lipinski definition) is 1. The maximum Gasteiger partial charge on any atom is 0.338 e. The van der Waals surface area contributed by atoms with Crippen LogP contribution < -0.4 is 14.8 Å². The van der Waals surface area contributed by atoms with E-state index in [1.54, 1.807) is 30.6 Å². The van der Waals surface area contributed by atoms with Gasteiger partial charge in [-0.25, -0.2) is 9.59 Å². The molecule has 0 saturated carbocycles. The normalized spacial score (nSPS) is 16.1. The van der Waals surface area contributed by atoms with Gasteiger partial charge in [0.05, 0.1) is 37.9 Å². The molecule has 1 aromatic carbocycles. The summed E-state index contributed by atoms with van der Waals surface area (Å²) in [5, 5.41) is 5.14. The number of carbonyl (C=O) groups is 2. The number of esters is 1. The standard InChI is InChI=1S/C19H22N2O5S/c1-24-13-6-7-16(25-2)14(10-13)15-5-4-8-21(15)19(23)20-17-9-12(11-27-17)18(22)26-3/h6-7,9-11,15H,4-5,8H2,1-3H3,(H,20,23)/t15-/m0/s1. The van der Waals surface area contributed by atoms with Crippen molar-refractivity contribution in [1.82, 2.24) is 4.90 Å². The fourth-order valence-corrected chi connectivity index (χ4v) is 4.00. The fourth-order valence-electron chi connectivity index (χ4n) is 3.24. The van der Waals surface area contributed by atoms with Crippen LogP contribution in [0.5, 0.6) is 11.5 Å². The van der Waals surface area contributed by atoms with Gasteiger partial charge in [0.1, 0.15) is 11.5 Å². The number of nitrogens with zero attached hydrogens (tertiary/aromatic N) is 1. The number of benzene rings is 1. The molecule has 1 aromatic heterocycles. The summed E-state index contributed by atoms with van der Waals surface area (Å²) >= 11 is 1.29. The molecule has 0 spiro atoms.